The molecule has 0 saturated carbocycles. The van der Waals surface area contributed by atoms with E-state index in [2.05, 4.69) is 21.2 Å². The smallest absolute Gasteiger partial charge is 0.262 e. The van der Waals surface area contributed by atoms with E-state index in [9.17, 15) is 13.6 Å². The summed E-state index contributed by atoms with van der Waals surface area (Å²) in [5.74, 6) is -3.08. The highest BCUT2D eigenvalue weighted by Gasteiger charge is 2.43. The summed E-state index contributed by atoms with van der Waals surface area (Å²) < 4.78 is 27.0. The molecular formula is C13H15BrF2N2O. The van der Waals surface area contributed by atoms with Crippen LogP contribution in [0.4, 0.5) is 8.78 Å². The molecule has 19 heavy (non-hydrogen) atoms. The molecule has 1 saturated heterocycles. The van der Waals surface area contributed by atoms with Crippen molar-refractivity contribution in [1.29, 1.82) is 0 Å². The molecule has 1 amide bonds. The lowest BCUT2D eigenvalue weighted by molar-refractivity contribution is -0.132. The van der Waals surface area contributed by atoms with Gasteiger partial charge in [-0.3, -0.25) is 10.1 Å². The Morgan fingerprint density at radius 2 is 2.21 bits per heavy atom. The van der Waals surface area contributed by atoms with Gasteiger partial charge in [0.25, 0.3) is 5.92 Å². The van der Waals surface area contributed by atoms with Crippen molar-refractivity contribution in [3.05, 3.63) is 34.3 Å². The van der Waals surface area contributed by atoms with Crippen molar-refractivity contribution in [3.8, 4) is 0 Å². The molecule has 1 aromatic rings. The molecule has 1 heterocycles. The van der Waals surface area contributed by atoms with Crippen LogP contribution in [-0.2, 0) is 11.3 Å². The molecule has 1 atom stereocenters. The number of amides is 1. The van der Waals surface area contributed by atoms with E-state index < -0.39 is 24.9 Å². The minimum Gasteiger partial charge on any atom is -0.340 e. The van der Waals surface area contributed by atoms with Crippen LogP contribution in [0.3, 0.4) is 0 Å². The van der Waals surface area contributed by atoms with E-state index in [1.807, 2.05) is 24.3 Å². The fourth-order valence-electron chi connectivity index (χ4n) is 2.12. The second-order valence-corrected chi connectivity index (χ2v) is 5.63. The van der Waals surface area contributed by atoms with Gasteiger partial charge in [0.05, 0.1) is 12.6 Å². The minimum atomic E-state index is -2.78. The first kappa shape index (κ1) is 14.4. The molecule has 0 radical (unpaired) electrons. The van der Waals surface area contributed by atoms with Gasteiger partial charge in [0.2, 0.25) is 5.91 Å². The van der Waals surface area contributed by atoms with E-state index in [0.29, 0.717) is 6.54 Å². The van der Waals surface area contributed by atoms with Crippen LogP contribution in [0.15, 0.2) is 28.7 Å². The van der Waals surface area contributed by atoms with E-state index in [4.69, 9.17) is 0 Å². The predicted octanol–water partition coefficient (Wildman–Crippen LogP) is 2.40. The van der Waals surface area contributed by atoms with Crippen LogP contribution >= 0.6 is 15.9 Å². The zero-order valence-electron chi connectivity index (χ0n) is 10.5. The molecule has 1 aromatic carbocycles. The van der Waals surface area contributed by atoms with E-state index in [-0.39, 0.29) is 5.91 Å². The summed E-state index contributed by atoms with van der Waals surface area (Å²) in [6, 6.07) is 6.75. The van der Waals surface area contributed by atoms with Crippen LogP contribution in [0.25, 0.3) is 0 Å². The van der Waals surface area contributed by atoms with Gasteiger partial charge in [0.15, 0.2) is 0 Å². The minimum absolute atomic E-state index is 0.298. The predicted molar refractivity (Wildman–Crippen MR) is 72.0 cm³/mol. The van der Waals surface area contributed by atoms with Crippen molar-refractivity contribution in [2.45, 2.75) is 24.9 Å². The van der Waals surface area contributed by atoms with Crippen LogP contribution in [0.2, 0.25) is 0 Å². The van der Waals surface area contributed by atoms with Gasteiger partial charge in [-0.25, -0.2) is 8.78 Å². The van der Waals surface area contributed by atoms with Gasteiger partial charge in [-0.1, -0.05) is 34.1 Å². The average Bonchev–Trinajstić information content (AvgIpc) is 2.71. The number of likely N-dealkylation sites (N-methyl/N-ethyl adjacent to an activating group) is 1. The summed E-state index contributed by atoms with van der Waals surface area (Å²) in [7, 11) is 1.62. The normalized spacial score (nSPS) is 21.4. The molecule has 3 nitrogen and oxygen atoms in total. The number of alkyl halides is 2. The van der Waals surface area contributed by atoms with Gasteiger partial charge in [-0.15, -0.1) is 0 Å². The van der Waals surface area contributed by atoms with Crippen molar-refractivity contribution in [3.63, 3.8) is 0 Å². The molecule has 1 aliphatic heterocycles. The SMILES string of the molecule is CN(Cc1ccccc1Br)C(=O)C1CC(F)(F)CN1. The summed E-state index contributed by atoms with van der Waals surface area (Å²) in [6.07, 6.45) is -0.424. The number of rotatable bonds is 3. The van der Waals surface area contributed by atoms with Gasteiger partial charge >= 0.3 is 0 Å². The summed E-state index contributed by atoms with van der Waals surface area (Å²) in [6.45, 7) is -0.0315. The van der Waals surface area contributed by atoms with Crippen LogP contribution in [-0.4, -0.2) is 36.4 Å². The topological polar surface area (TPSA) is 32.3 Å². The van der Waals surface area contributed by atoms with Crippen molar-refractivity contribution in [1.82, 2.24) is 10.2 Å². The summed E-state index contributed by atoms with van der Waals surface area (Å²) in [5.41, 5.74) is 0.947. The summed E-state index contributed by atoms with van der Waals surface area (Å²) >= 11 is 3.40. The molecule has 0 aromatic heterocycles. The quantitative estimate of drug-likeness (QED) is 0.921. The molecule has 2 rings (SSSR count). The number of nitrogens with zero attached hydrogens (tertiary/aromatic N) is 1. The number of hydrogen-bond acceptors (Lipinski definition) is 2. The first-order valence-corrected chi connectivity index (χ1v) is 6.78. The number of carbonyl (C=O) groups is 1. The summed E-state index contributed by atoms with van der Waals surface area (Å²) in [5, 5.41) is 2.58. The molecule has 1 aliphatic rings. The van der Waals surface area contributed by atoms with Crippen molar-refractivity contribution >= 4 is 21.8 Å². The third-order valence-corrected chi connectivity index (χ3v) is 3.92. The Morgan fingerprint density at radius 3 is 2.79 bits per heavy atom. The standard InChI is InChI=1S/C13H15BrF2N2O/c1-18(7-9-4-2-3-5-10(9)14)12(19)11-6-13(15,16)8-17-11/h2-5,11,17H,6-8H2,1H3. The van der Waals surface area contributed by atoms with Crippen LogP contribution in [0, 0.1) is 0 Å². The molecule has 1 fully saturated rings. The fraction of sp³-hybridized carbons (Fsp3) is 0.462. The van der Waals surface area contributed by atoms with Crippen molar-refractivity contribution < 1.29 is 13.6 Å². The molecule has 0 aliphatic carbocycles. The Hall–Kier alpha value is -1.01. The van der Waals surface area contributed by atoms with Gasteiger partial charge in [-0.05, 0) is 11.6 Å². The maximum absolute atomic E-state index is 13.1. The Kier molecular flexibility index (Phi) is 4.20. The number of hydrogen-bond donors (Lipinski definition) is 1. The molecule has 0 bridgehead atoms. The maximum Gasteiger partial charge on any atom is 0.262 e. The Balaban J connectivity index is 1.99. The molecule has 104 valence electrons. The first-order valence-electron chi connectivity index (χ1n) is 5.99. The highest BCUT2D eigenvalue weighted by molar-refractivity contribution is 9.10. The number of benzene rings is 1. The maximum atomic E-state index is 13.1. The van der Waals surface area contributed by atoms with Crippen molar-refractivity contribution in [2.75, 3.05) is 13.6 Å². The second-order valence-electron chi connectivity index (χ2n) is 4.78. The third kappa shape index (κ3) is 3.51. The molecule has 1 unspecified atom stereocenters. The van der Waals surface area contributed by atoms with Gasteiger partial charge < -0.3 is 4.90 Å². The Labute approximate surface area is 119 Å². The van der Waals surface area contributed by atoms with Gasteiger partial charge in [0, 0.05) is 24.5 Å². The van der Waals surface area contributed by atoms with Gasteiger partial charge in [-0.2, -0.15) is 0 Å². The molecule has 1 N–H and O–H groups in total. The number of halogens is 3. The lowest BCUT2D eigenvalue weighted by Crippen LogP contribution is -2.41. The Morgan fingerprint density at radius 1 is 1.53 bits per heavy atom. The fourth-order valence-corrected chi connectivity index (χ4v) is 2.53. The van der Waals surface area contributed by atoms with E-state index in [1.54, 1.807) is 7.05 Å². The van der Waals surface area contributed by atoms with Gasteiger partial charge in [0.1, 0.15) is 0 Å². The second kappa shape index (κ2) is 5.54. The zero-order chi connectivity index (χ0) is 14.0. The number of carbonyl (C=O) groups excluding carboxylic acids is 1. The van der Waals surface area contributed by atoms with Crippen LogP contribution in [0.1, 0.15) is 12.0 Å². The monoisotopic (exact) mass is 332 g/mol. The largest absolute Gasteiger partial charge is 0.340 e. The third-order valence-electron chi connectivity index (χ3n) is 3.15. The van der Waals surface area contributed by atoms with Crippen LogP contribution < -0.4 is 5.32 Å². The average molecular weight is 333 g/mol. The van der Waals surface area contributed by atoms with E-state index in [0.717, 1.165) is 10.0 Å². The zero-order valence-corrected chi connectivity index (χ0v) is 12.1. The molecule has 0 spiro atoms. The molecule has 6 heteroatoms. The number of nitrogens with one attached hydrogen (secondary N) is 1. The summed E-state index contributed by atoms with van der Waals surface area (Å²) in [4.78, 5) is 13.5. The highest BCUT2D eigenvalue weighted by atomic mass is 79.9. The van der Waals surface area contributed by atoms with Crippen LogP contribution in [0.5, 0.6) is 0 Å². The first-order chi connectivity index (χ1) is 8.89. The van der Waals surface area contributed by atoms with E-state index >= 15 is 0 Å². The Bertz CT molecular complexity index is 481. The molecular weight excluding hydrogens is 318 g/mol. The van der Waals surface area contributed by atoms with E-state index in [1.165, 1.54) is 4.90 Å². The van der Waals surface area contributed by atoms with Crippen molar-refractivity contribution in [2.24, 2.45) is 0 Å². The highest BCUT2D eigenvalue weighted by Crippen LogP contribution is 2.26. The lowest BCUT2D eigenvalue weighted by atomic mass is 10.1. The lowest BCUT2D eigenvalue weighted by Gasteiger charge is -2.21.